The lowest BCUT2D eigenvalue weighted by Crippen LogP contribution is -2.44. The summed E-state index contributed by atoms with van der Waals surface area (Å²) in [6.07, 6.45) is 0.509. The van der Waals surface area contributed by atoms with Gasteiger partial charge in [-0.05, 0) is 29.0 Å². The zero-order valence-corrected chi connectivity index (χ0v) is 17.0. The average Bonchev–Trinajstić information content (AvgIpc) is 2.72. The number of carbonyl (C=O) groups excluding carboxylic acids is 3. The molecule has 0 aliphatic heterocycles. The van der Waals surface area contributed by atoms with Gasteiger partial charge in [0.15, 0.2) is 6.61 Å². The van der Waals surface area contributed by atoms with Crippen LogP contribution in [0.1, 0.15) is 25.8 Å². The molecule has 6 heteroatoms. The van der Waals surface area contributed by atoms with Gasteiger partial charge in [0.05, 0.1) is 13.5 Å². The fraction of sp³-hybridized carbons (Fsp3) is 0.348. The second-order valence-electron chi connectivity index (χ2n) is 7.17. The van der Waals surface area contributed by atoms with Crippen LogP contribution in [0.3, 0.4) is 0 Å². The lowest BCUT2D eigenvalue weighted by Gasteiger charge is -2.18. The third kappa shape index (κ3) is 7.41. The van der Waals surface area contributed by atoms with E-state index in [-0.39, 0.29) is 12.3 Å². The molecular weight excluding hydrogens is 370 g/mol. The molecule has 0 radical (unpaired) electrons. The molecular formula is C23H27NO5. The van der Waals surface area contributed by atoms with Gasteiger partial charge in [-0.3, -0.25) is 9.59 Å². The quantitative estimate of drug-likeness (QED) is 0.658. The maximum atomic E-state index is 12.0. The number of hydrogen-bond donors (Lipinski definition) is 1. The largest absolute Gasteiger partial charge is 0.467 e. The molecule has 0 heterocycles. The Morgan fingerprint density at radius 1 is 0.931 bits per heavy atom. The smallest absolute Gasteiger partial charge is 0.328 e. The van der Waals surface area contributed by atoms with E-state index in [1.165, 1.54) is 7.11 Å². The predicted octanol–water partition coefficient (Wildman–Crippen LogP) is 3.14. The summed E-state index contributed by atoms with van der Waals surface area (Å²) < 4.78 is 9.74. The molecule has 1 N–H and O–H groups in total. The van der Waals surface area contributed by atoms with Crippen LogP contribution in [0.2, 0.25) is 0 Å². The summed E-state index contributed by atoms with van der Waals surface area (Å²) >= 11 is 0. The molecule has 0 saturated heterocycles. The summed E-state index contributed by atoms with van der Waals surface area (Å²) in [5.74, 6) is -1.36. The van der Waals surface area contributed by atoms with Gasteiger partial charge < -0.3 is 14.8 Å². The van der Waals surface area contributed by atoms with Gasteiger partial charge in [-0.1, -0.05) is 68.4 Å². The van der Waals surface area contributed by atoms with Crippen LogP contribution in [0.15, 0.2) is 54.6 Å². The first-order chi connectivity index (χ1) is 13.9. The Kier molecular flexibility index (Phi) is 8.40. The first kappa shape index (κ1) is 22.1. The molecule has 29 heavy (non-hydrogen) atoms. The van der Waals surface area contributed by atoms with Crippen molar-refractivity contribution in [2.75, 3.05) is 13.7 Å². The third-order valence-electron chi connectivity index (χ3n) is 4.30. The number of rotatable bonds is 9. The minimum atomic E-state index is -0.753. The molecule has 0 aliphatic carbocycles. The van der Waals surface area contributed by atoms with Crippen LogP contribution in [0.5, 0.6) is 0 Å². The van der Waals surface area contributed by atoms with E-state index in [1.54, 1.807) is 0 Å². The lowest BCUT2D eigenvalue weighted by molar-refractivity contribution is -0.150. The number of esters is 2. The molecule has 0 spiro atoms. The molecule has 154 valence electrons. The Bertz CT molecular complexity index is 815. The maximum absolute atomic E-state index is 12.0. The summed E-state index contributed by atoms with van der Waals surface area (Å²) in [5.41, 5.74) is 2.95. The Morgan fingerprint density at radius 3 is 2.14 bits per heavy atom. The topological polar surface area (TPSA) is 81.7 Å². The van der Waals surface area contributed by atoms with E-state index in [9.17, 15) is 14.4 Å². The van der Waals surface area contributed by atoms with E-state index in [2.05, 4.69) is 5.32 Å². The van der Waals surface area contributed by atoms with E-state index in [1.807, 2.05) is 68.4 Å². The van der Waals surface area contributed by atoms with Crippen molar-refractivity contribution < 1.29 is 23.9 Å². The normalized spacial score (nSPS) is 11.6. The number of ether oxygens (including phenoxy) is 2. The molecule has 1 amide bonds. The van der Waals surface area contributed by atoms with Crippen molar-refractivity contribution in [1.82, 2.24) is 5.32 Å². The van der Waals surface area contributed by atoms with Gasteiger partial charge in [0.2, 0.25) is 0 Å². The number of carbonyl (C=O) groups is 3. The SMILES string of the molecule is COC(=O)[C@H](CC(C)C)NC(=O)COC(=O)Cc1ccc(-c2ccccc2)cc1. The van der Waals surface area contributed by atoms with Crippen molar-refractivity contribution >= 4 is 17.8 Å². The van der Waals surface area contributed by atoms with Crippen LogP contribution in [0.4, 0.5) is 0 Å². The van der Waals surface area contributed by atoms with Crippen LogP contribution in [0, 0.1) is 5.92 Å². The van der Waals surface area contributed by atoms with Crippen molar-refractivity contribution in [3.8, 4) is 11.1 Å². The molecule has 2 rings (SSSR count). The van der Waals surface area contributed by atoms with Crippen LogP contribution < -0.4 is 5.32 Å². The molecule has 0 aliphatic rings. The molecule has 0 unspecified atom stereocenters. The second-order valence-corrected chi connectivity index (χ2v) is 7.17. The van der Waals surface area contributed by atoms with Crippen LogP contribution >= 0.6 is 0 Å². The highest BCUT2D eigenvalue weighted by Crippen LogP contribution is 2.19. The number of methoxy groups -OCH3 is 1. The average molecular weight is 397 g/mol. The van der Waals surface area contributed by atoms with Gasteiger partial charge in [0.1, 0.15) is 6.04 Å². The lowest BCUT2D eigenvalue weighted by atomic mass is 10.0. The number of hydrogen-bond acceptors (Lipinski definition) is 5. The zero-order valence-electron chi connectivity index (χ0n) is 17.0. The number of benzene rings is 2. The summed E-state index contributed by atoms with van der Waals surface area (Å²) in [6, 6.07) is 16.8. The maximum Gasteiger partial charge on any atom is 0.328 e. The highest BCUT2D eigenvalue weighted by molar-refractivity contribution is 5.86. The van der Waals surface area contributed by atoms with Crippen molar-refractivity contribution in [3.63, 3.8) is 0 Å². The van der Waals surface area contributed by atoms with E-state index in [0.29, 0.717) is 6.42 Å². The second kappa shape index (κ2) is 11.0. The molecule has 6 nitrogen and oxygen atoms in total. The van der Waals surface area contributed by atoms with Crippen LogP contribution in [-0.2, 0) is 30.3 Å². The first-order valence-corrected chi connectivity index (χ1v) is 9.56. The summed E-state index contributed by atoms with van der Waals surface area (Å²) in [5, 5.41) is 2.55. The van der Waals surface area contributed by atoms with Gasteiger partial charge >= 0.3 is 11.9 Å². The summed E-state index contributed by atoms with van der Waals surface area (Å²) in [7, 11) is 1.27. The zero-order chi connectivity index (χ0) is 21.2. The van der Waals surface area contributed by atoms with Gasteiger partial charge in [0, 0.05) is 0 Å². The van der Waals surface area contributed by atoms with Gasteiger partial charge in [-0.25, -0.2) is 4.79 Å². The van der Waals surface area contributed by atoms with Crippen LogP contribution in [0.25, 0.3) is 11.1 Å². The highest BCUT2D eigenvalue weighted by atomic mass is 16.5. The van der Waals surface area contributed by atoms with E-state index in [4.69, 9.17) is 9.47 Å². The van der Waals surface area contributed by atoms with E-state index in [0.717, 1.165) is 16.7 Å². The predicted molar refractivity (Wildman–Crippen MR) is 110 cm³/mol. The van der Waals surface area contributed by atoms with E-state index >= 15 is 0 Å². The Balaban J connectivity index is 1.83. The first-order valence-electron chi connectivity index (χ1n) is 9.56. The monoisotopic (exact) mass is 397 g/mol. The van der Waals surface area contributed by atoms with Gasteiger partial charge in [0.25, 0.3) is 5.91 Å². The minimum Gasteiger partial charge on any atom is -0.467 e. The number of nitrogens with one attached hydrogen (secondary N) is 1. The van der Waals surface area contributed by atoms with E-state index < -0.39 is 30.5 Å². The van der Waals surface area contributed by atoms with Crippen molar-refractivity contribution in [1.29, 1.82) is 0 Å². The fourth-order valence-corrected chi connectivity index (χ4v) is 2.87. The minimum absolute atomic E-state index is 0.0643. The Labute approximate surface area is 171 Å². The molecule has 0 bridgehead atoms. The molecule has 0 fully saturated rings. The molecule has 0 aromatic heterocycles. The molecule has 2 aromatic carbocycles. The number of amides is 1. The van der Waals surface area contributed by atoms with Crippen molar-refractivity contribution in [3.05, 3.63) is 60.2 Å². The summed E-state index contributed by atoms with van der Waals surface area (Å²) in [6.45, 7) is 3.43. The highest BCUT2D eigenvalue weighted by Gasteiger charge is 2.23. The fourth-order valence-electron chi connectivity index (χ4n) is 2.87. The Morgan fingerprint density at radius 2 is 1.55 bits per heavy atom. The standard InChI is InChI=1S/C23H27NO5/c1-16(2)13-20(23(27)28-3)24-21(25)15-29-22(26)14-17-9-11-19(12-10-17)18-7-5-4-6-8-18/h4-12,16,20H,13-15H2,1-3H3,(H,24,25)/t20-/m0/s1. The van der Waals surface area contributed by atoms with Crippen molar-refractivity contribution in [2.24, 2.45) is 5.92 Å². The molecule has 1 atom stereocenters. The van der Waals surface area contributed by atoms with Gasteiger partial charge in [-0.15, -0.1) is 0 Å². The molecule has 0 saturated carbocycles. The van der Waals surface area contributed by atoms with Crippen LogP contribution in [-0.4, -0.2) is 37.6 Å². The molecule has 2 aromatic rings. The van der Waals surface area contributed by atoms with Gasteiger partial charge in [-0.2, -0.15) is 0 Å². The van der Waals surface area contributed by atoms with Crippen molar-refractivity contribution in [2.45, 2.75) is 32.7 Å². The third-order valence-corrected chi connectivity index (χ3v) is 4.30. The summed E-state index contributed by atoms with van der Waals surface area (Å²) in [4.78, 5) is 35.8. The Hall–Kier alpha value is -3.15.